The Morgan fingerprint density at radius 2 is 2.10 bits per heavy atom. The molecular weight excluding hydrogens is 518 g/mol. The molecule has 0 aromatic rings. The van der Waals surface area contributed by atoms with Gasteiger partial charge in [-0.1, -0.05) is 13.0 Å². The predicted molar refractivity (Wildman–Crippen MR) is 149 cm³/mol. The summed E-state index contributed by atoms with van der Waals surface area (Å²) in [6, 6.07) is 0.190. The first-order valence-corrected chi connectivity index (χ1v) is 14.6. The van der Waals surface area contributed by atoms with Gasteiger partial charge >= 0.3 is 5.97 Å². The molecule has 0 aromatic carbocycles. The van der Waals surface area contributed by atoms with Gasteiger partial charge in [-0.3, -0.25) is 15.1 Å². The van der Waals surface area contributed by atoms with Gasteiger partial charge in [0.1, 0.15) is 12.6 Å². The summed E-state index contributed by atoms with van der Waals surface area (Å²) in [5, 5.41) is 19.9. The molecular formula is C29H45F2N6O3+. The van der Waals surface area contributed by atoms with Crippen molar-refractivity contribution in [2.45, 2.75) is 70.9 Å². The van der Waals surface area contributed by atoms with Crippen molar-refractivity contribution in [3.8, 4) is 0 Å². The van der Waals surface area contributed by atoms with Gasteiger partial charge in [0, 0.05) is 76.1 Å². The minimum absolute atomic E-state index is 0.169. The van der Waals surface area contributed by atoms with Crippen LogP contribution in [-0.2, 0) is 9.53 Å². The number of carbonyl (C=O) groups is 1. The van der Waals surface area contributed by atoms with Crippen molar-refractivity contribution >= 4 is 11.8 Å². The fourth-order valence-electron chi connectivity index (χ4n) is 7.25. The van der Waals surface area contributed by atoms with E-state index in [1.807, 2.05) is 0 Å². The van der Waals surface area contributed by atoms with Gasteiger partial charge in [0.15, 0.2) is 0 Å². The first-order chi connectivity index (χ1) is 19.0. The van der Waals surface area contributed by atoms with Crippen LogP contribution >= 0.6 is 0 Å². The number of likely N-dealkylation sites (N-methyl/N-ethyl adjacent to an activating group) is 1. The predicted octanol–water partition coefficient (Wildman–Crippen LogP) is 2.27. The topological polar surface area (TPSA) is 106 Å². The third kappa shape index (κ3) is 5.52. The van der Waals surface area contributed by atoms with E-state index in [1.165, 1.54) is 0 Å². The van der Waals surface area contributed by atoms with E-state index in [4.69, 9.17) is 10.5 Å². The molecule has 2 saturated heterocycles. The molecule has 0 amide bonds. The van der Waals surface area contributed by atoms with Gasteiger partial charge in [0.2, 0.25) is 6.43 Å². The fraction of sp³-hybridized carbons (Fsp3) is 0.724. The number of halogens is 2. The molecule has 5 rings (SSSR count). The fourth-order valence-corrected chi connectivity index (χ4v) is 7.25. The van der Waals surface area contributed by atoms with Crippen LogP contribution in [-0.4, -0.2) is 103 Å². The smallest absolute Gasteiger partial charge is 0.324 e. The standard InChI is InChI=1S/C29H44F2N6O3/c1-28-8-4-10-37(26(32)21-15-33-9-5-23(21)34-20-6-11-40-12-7-20)24(28)14-29(2,27(30)31)22(13-28)19-16-35(3)36(17-19)18-25(38)39/h13,17,20,24,27,33H,4-12,14-16,18H2,1-3H3,(H3,32,34,38,39)/p+1. The lowest BCUT2D eigenvalue weighted by Crippen LogP contribution is -2.56. The molecule has 40 heavy (non-hydrogen) atoms. The molecule has 2 fully saturated rings. The highest BCUT2D eigenvalue weighted by Gasteiger charge is 2.55. The van der Waals surface area contributed by atoms with Crippen LogP contribution in [0, 0.1) is 10.8 Å². The molecule has 0 bridgehead atoms. The second kappa shape index (κ2) is 11.4. The third-order valence-electron chi connectivity index (χ3n) is 9.66. The summed E-state index contributed by atoms with van der Waals surface area (Å²) >= 11 is 0. The van der Waals surface area contributed by atoms with E-state index >= 15 is 8.78 Å². The van der Waals surface area contributed by atoms with E-state index in [0.717, 1.165) is 75.3 Å². The molecule has 11 heteroatoms. The molecule has 1 aliphatic carbocycles. The van der Waals surface area contributed by atoms with Crippen LogP contribution in [0.3, 0.4) is 0 Å². The number of carboxylic acid groups (broad SMARTS) is 1. The maximum Gasteiger partial charge on any atom is 0.324 e. The van der Waals surface area contributed by atoms with Crippen LogP contribution in [0.2, 0.25) is 0 Å². The largest absolute Gasteiger partial charge is 0.480 e. The Kier molecular flexibility index (Phi) is 8.27. The van der Waals surface area contributed by atoms with Crippen molar-refractivity contribution in [2.24, 2.45) is 16.6 Å². The number of carboxylic acids is 1. The second-order valence-corrected chi connectivity index (χ2v) is 12.6. The normalized spacial score (nSPS) is 33.5. The van der Waals surface area contributed by atoms with Gasteiger partial charge in [-0.2, -0.15) is 0 Å². The summed E-state index contributed by atoms with van der Waals surface area (Å²) < 4.78 is 37.8. The monoisotopic (exact) mass is 563 g/mol. The van der Waals surface area contributed by atoms with Crippen molar-refractivity contribution in [2.75, 3.05) is 53.0 Å². The average Bonchev–Trinajstić information content (AvgIpc) is 3.27. The summed E-state index contributed by atoms with van der Waals surface area (Å²) in [7, 11) is 1.79. The van der Waals surface area contributed by atoms with Crippen molar-refractivity contribution in [1.82, 2.24) is 20.7 Å². The zero-order valence-corrected chi connectivity index (χ0v) is 24.0. The van der Waals surface area contributed by atoms with Gasteiger partial charge in [0.25, 0.3) is 5.84 Å². The van der Waals surface area contributed by atoms with E-state index in [-0.39, 0.29) is 24.4 Å². The maximum absolute atomic E-state index is 15.0. The Morgan fingerprint density at radius 3 is 2.80 bits per heavy atom. The summed E-state index contributed by atoms with van der Waals surface area (Å²) in [5.74, 6) is -0.268. The van der Waals surface area contributed by atoms with Crippen molar-refractivity contribution in [1.29, 1.82) is 0 Å². The Hall–Kier alpha value is -2.50. The van der Waals surface area contributed by atoms with Crippen LogP contribution in [0.4, 0.5) is 8.78 Å². The summed E-state index contributed by atoms with van der Waals surface area (Å²) in [6.07, 6.45) is 6.09. The molecule has 3 unspecified atom stereocenters. The zero-order valence-electron chi connectivity index (χ0n) is 24.0. The Bertz CT molecular complexity index is 1130. The average molecular weight is 564 g/mol. The van der Waals surface area contributed by atoms with Crippen LogP contribution in [0.5, 0.6) is 0 Å². The lowest BCUT2D eigenvalue weighted by molar-refractivity contribution is -0.597. The Labute approximate surface area is 235 Å². The Balaban J connectivity index is 1.52. The number of rotatable bonds is 7. The molecule has 0 spiro atoms. The number of piperidine rings is 1. The molecule has 4 heterocycles. The number of amidine groups is 1. The maximum atomic E-state index is 15.0. The third-order valence-corrected chi connectivity index (χ3v) is 9.66. The number of nitrogens with one attached hydrogen (secondary N) is 2. The van der Waals surface area contributed by atoms with Gasteiger partial charge in [0.05, 0.1) is 17.5 Å². The van der Waals surface area contributed by atoms with Gasteiger partial charge < -0.3 is 25.5 Å². The van der Waals surface area contributed by atoms with Crippen molar-refractivity contribution in [3.63, 3.8) is 0 Å². The molecule has 5 N–H and O–H groups in total. The lowest BCUT2D eigenvalue weighted by Gasteiger charge is -2.49. The first kappa shape index (κ1) is 29.0. The molecule has 0 saturated carbocycles. The number of aliphatic carboxylic acids is 1. The molecule has 4 aliphatic heterocycles. The number of alkyl halides is 2. The van der Waals surface area contributed by atoms with Crippen LogP contribution in [0.25, 0.3) is 0 Å². The van der Waals surface area contributed by atoms with Crippen molar-refractivity contribution < 1.29 is 28.0 Å². The van der Waals surface area contributed by atoms with E-state index in [2.05, 4.69) is 28.2 Å². The molecule has 222 valence electrons. The first-order valence-electron chi connectivity index (χ1n) is 14.6. The second-order valence-electron chi connectivity index (χ2n) is 12.6. The number of hydrogen-bond donors (Lipinski definition) is 4. The zero-order chi connectivity index (χ0) is 28.7. The highest BCUT2D eigenvalue weighted by Crippen LogP contribution is 2.54. The molecule has 3 atom stereocenters. The highest BCUT2D eigenvalue weighted by molar-refractivity contribution is 5.94. The lowest BCUT2D eigenvalue weighted by atomic mass is 9.59. The number of ether oxygens (including phenoxy) is 1. The van der Waals surface area contributed by atoms with Crippen LogP contribution in [0.1, 0.15) is 52.4 Å². The van der Waals surface area contributed by atoms with E-state index in [1.54, 1.807) is 30.2 Å². The van der Waals surface area contributed by atoms with Gasteiger partial charge in [-0.25, -0.2) is 13.8 Å². The minimum Gasteiger partial charge on any atom is -0.480 e. The number of nitrogens with two attached hydrogens (primary N) is 1. The molecule has 0 aromatic heterocycles. The quantitative estimate of drug-likeness (QED) is 0.276. The number of fused-ring (bicyclic) bond motifs is 1. The van der Waals surface area contributed by atoms with E-state index in [9.17, 15) is 9.90 Å². The number of hydrazine groups is 1. The van der Waals surface area contributed by atoms with E-state index in [0.29, 0.717) is 30.5 Å². The van der Waals surface area contributed by atoms with Gasteiger partial charge in [-0.15, -0.1) is 0 Å². The van der Waals surface area contributed by atoms with Crippen LogP contribution < -0.4 is 16.4 Å². The Morgan fingerprint density at radius 1 is 1.35 bits per heavy atom. The summed E-state index contributed by atoms with van der Waals surface area (Å²) in [6.45, 7) is 7.81. The molecule has 5 aliphatic rings. The highest BCUT2D eigenvalue weighted by atomic mass is 19.3. The SMILES string of the molecule is CN1CC(C2=CC3(C)CCC[N+](=C(N)C4=C(NC5CCOCC5)CCNC4)C3CC2(C)C(F)F)=CN1CC(=O)O. The van der Waals surface area contributed by atoms with Crippen molar-refractivity contribution in [3.05, 3.63) is 34.7 Å². The summed E-state index contributed by atoms with van der Waals surface area (Å²) in [4.78, 5) is 11.4. The molecule has 0 radical (unpaired) electrons. The van der Waals surface area contributed by atoms with Crippen LogP contribution in [0.15, 0.2) is 34.7 Å². The minimum atomic E-state index is -2.57. The van der Waals surface area contributed by atoms with E-state index < -0.39 is 17.8 Å². The van der Waals surface area contributed by atoms with Gasteiger partial charge in [-0.05, 0) is 43.8 Å². The molecule has 9 nitrogen and oxygen atoms in total. The number of hydrogen-bond acceptors (Lipinski definition) is 6. The number of nitrogens with zero attached hydrogens (tertiary/aromatic N) is 3. The summed E-state index contributed by atoms with van der Waals surface area (Å²) in [5.41, 5.74) is 8.88.